The number of carbonyl (C=O) groups excluding carboxylic acids is 1. The monoisotopic (exact) mass is 290 g/mol. The van der Waals surface area contributed by atoms with Gasteiger partial charge < -0.3 is 14.6 Å². The lowest BCUT2D eigenvalue weighted by atomic mass is 10.1. The molecule has 0 heterocycles. The highest BCUT2D eigenvalue weighted by Gasteiger charge is 2.34. The summed E-state index contributed by atoms with van der Waals surface area (Å²) in [5, 5.41) is 8.72. The van der Waals surface area contributed by atoms with E-state index in [2.05, 4.69) is 0 Å². The maximum Gasteiger partial charge on any atom is 0.448 e. The fourth-order valence-electron chi connectivity index (χ4n) is 1.22. The van der Waals surface area contributed by atoms with Crippen molar-refractivity contribution in [1.82, 2.24) is 0 Å². The molecule has 4 nitrogen and oxygen atoms in total. The molecule has 0 spiro atoms. The molecule has 20 heavy (non-hydrogen) atoms. The zero-order chi connectivity index (χ0) is 15.2. The number of carbonyl (C=O) groups is 1. The SMILES string of the molecule is CCOCOc1cccc(C(=O)/C=C(\O)C(F)(F)F)c1. The summed E-state index contributed by atoms with van der Waals surface area (Å²) in [6.45, 7) is 2.19. The van der Waals surface area contributed by atoms with Gasteiger partial charge in [0.25, 0.3) is 0 Å². The van der Waals surface area contributed by atoms with Crippen LogP contribution in [0.3, 0.4) is 0 Å². The summed E-state index contributed by atoms with van der Waals surface area (Å²) in [7, 11) is 0. The number of hydrogen-bond acceptors (Lipinski definition) is 4. The van der Waals surface area contributed by atoms with Crippen molar-refractivity contribution in [1.29, 1.82) is 0 Å². The number of ketones is 1. The van der Waals surface area contributed by atoms with E-state index in [0.29, 0.717) is 6.61 Å². The van der Waals surface area contributed by atoms with Crippen LogP contribution in [-0.4, -0.2) is 30.5 Å². The molecule has 1 rings (SSSR count). The Kier molecular flexibility index (Phi) is 5.57. The molecule has 1 N–H and O–H groups in total. The predicted octanol–water partition coefficient (Wildman–Crippen LogP) is 3.25. The molecule has 0 atom stereocenters. The molecule has 1 aromatic rings. The molecule has 0 aliphatic rings. The summed E-state index contributed by atoms with van der Waals surface area (Å²) in [5.41, 5.74) is -0.0326. The molecular formula is C13H13F3O4. The summed E-state index contributed by atoms with van der Waals surface area (Å²) in [6, 6.07) is 5.56. The van der Waals surface area contributed by atoms with Gasteiger partial charge in [0.2, 0.25) is 5.76 Å². The zero-order valence-electron chi connectivity index (χ0n) is 10.6. The lowest BCUT2D eigenvalue weighted by Crippen LogP contribution is -2.13. The first-order valence-corrected chi connectivity index (χ1v) is 5.67. The van der Waals surface area contributed by atoms with E-state index in [1.54, 1.807) is 6.92 Å². The van der Waals surface area contributed by atoms with E-state index in [9.17, 15) is 18.0 Å². The smallest absolute Gasteiger partial charge is 0.448 e. The van der Waals surface area contributed by atoms with E-state index in [1.807, 2.05) is 0 Å². The average molecular weight is 290 g/mol. The van der Waals surface area contributed by atoms with E-state index in [0.717, 1.165) is 0 Å². The predicted molar refractivity (Wildman–Crippen MR) is 64.7 cm³/mol. The van der Waals surface area contributed by atoms with Crippen molar-refractivity contribution in [3.8, 4) is 5.75 Å². The molecule has 0 fully saturated rings. The molecule has 0 bridgehead atoms. The van der Waals surface area contributed by atoms with Crippen LogP contribution >= 0.6 is 0 Å². The molecule has 0 saturated carbocycles. The fraction of sp³-hybridized carbons (Fsp3) is 0.308. The van der Waals surface area contributed by atoms with E-state index in [1.165, 1.54) is 24.3 Å². The number of aliphatic hydroxyl groups is 1. The normalized spacial score (nSPS) is 12.3. The average Bonchev–Trinajstić information content (AvgIpc) is 2.38. The van der Waals surface area contributed by atoms with Crippen LogP contribution in [0.2, 0.25) is 0 Å². The van der Waals surface area contributed by atoms with Crippen molar-refractivity contribution in [2.24, 2.45) is 0 Å². The van der Waals surface area contributed by atoms with Crippen LogP contribution in [0, 0.1) is 0 Å². The maximum atomic E-state index is 12.1. The van der Waals surface area contributed by atoms with E-state index in [-0.39, 0.29) is 24.2 Å². The molecule has 0 saturated heterocycles. The highest BCUT2D eigenvalue weighted by atomic mass is 19.4. The second-order valence-electron chi connectivity index (χ2n) is 3.67. The maximum absolute atomic E-state index is 12.1. The first-order valence-electron chi connectivity index (χ1n) is 5.67. The summed E-state index contributed by atoms with van der Waals surface area (Å²) < 4.78 is 46.4. The number of rotatable bonds is 6. The first kappa shape index (κ1) is 16.0. The van der Waals surface area contributed by atoms with Gasteiger partial charge >= 0.3 is 6.18 Å². The van der Waals surface area contributed by atoms with E-state index >= 15 is 0 Å². The minimum Gasteiger partial charge on any atom is -0.504 e. The Labute approximate surface area is 113 Å². The van der Waals surface area contributed by atoms with Crippen molar-refractivity contribution < 1.29 is 32.5 Å². The van der Waals surface area contributed by atoms with Gasteiger partial charge in [0, 0.05) is 18.2 Å². The van der Waals surface area contributed by atoms with Crippen LogP contribution in [0.1, 0.15) is 17.3 Å². The minimum atomic E-state index is -4.95. The van der Waals surface area contributed by atoms with Crippen molar-refractivity contribution in [3.63, 3.8) is 0 Å². The highest BCUT2D eigenvalue weighted by molar-refractivity contribution is 6.05. The second-order valence-corrected chi connectivity index (χ2v) is 3.67. The van der Waals surface area contributed by atoms with Gasteiger partial charge in [-0.2, -0.15) is 13.2 Å². The fourth-order valence-corrected chi connectivity index (χ4v) is 1.22. The van der Waals surface area contributed by atoms with Crippen molar-refractivity contribution >= 4 is 5.78 Å². The molecule has 110 valence electrons. The van der Waals surface area contributed by atoms with Gasteiger partial charge in [0.1, 0.15) is 5.75 Å². The quantitative estimate of drug-likeness (QED) is 0.287. The molecule has 7 heteroatoms. The Hall–Kier alpha value is -2.02. The van der Waals surface area contributed by atoms with Gasteiger partial charge in [-0.1, -0.05) is 12.1 Å². The second kappa shape index (κ2) is 6.95. The molecule has 0 aliphatic carbocycles. The summed E-state index contributed by atoms with van der Waals surface area (Å²) in [4.78, 5) is 11.6. The van der Waals surface area contributed by atoms with Crippen molar-refractivity contribution in [2.45, 2.75) is 13.1 Å². The molecule has 0 radical (unpaired) electrons. The molecule has 1 aromatic carbocycles. The topological polar surface area (TPSA) is 55.8 Å². The Balaban J connectivity index is 2.81. The van der Waals surface area contributed by atoms with Crippen LogP contribution < -0.4 is 4.74 Å². The van der Waals surface area contributed by atoms with Crippen molar-refractivity contribution in [2.75, 3.05) is 13.4 Å². The highest BCUT2D eigenvalue weighted by Crippen LogP contribution is 2.24. The van der Waals surface area contributed by atoms with E-state index < -0.39 is 17.7 Å². The van der Waals surface area contributed by atoms with Gasteiger partial charge in [0.15, 0.2) is 12.6 Å². The van der Waals surface area contributed by atoms with Gasteiger partial charge in [-0.05, 0) is 19.1 Å². The largest absolute Gasteiger partial charge is 0.504 e. The van der Waals surface area contributed by atoms with Crippen LogP contribution in [0.15, 0.2) is 36.1 Å². The molecular weight excluding hydrogens is 277 g/mol. The Bertz CT molecular complexity index is 495. The van der Waals surface area contributed by atoms with Gasteiger partial charge in [-0.15, -0.1) is 0 Å². The minimum absolute atomic E-state index is 0.0300. The van der Waals surface area contributed by atoms with E-state index in [4.69, 9.17) is 14.6 Å². The number of hydrogen-bond donors (Lipinski definition) is 1. The summed E-state index contributed by atoms with van der Waals surface area (Å²) >= 11 is 0. The van der Waals surface area contributed by atoms with Crippen LogP contribution in [-0.2, 0) is 4.74 Å². The number of alkyl halides is 3. The number of halogens is 3. The standard InChI is InChI=1S/C13H13F3O4/c1-2-19-8-20-10-5-3-4-9(6-10)11(17)7-12(18)13(14,15)16/h3-7,18H,2,8H2,1H3/b12-7-. The number of aliphatic hydroxyl groups excluding tert-OH is 1. The Morgan fingerprint density at radius 1 is 1.40 bits per heavy atom. The lowest BCUT2D eigenvalue weighted by molar-refractivity contribution is -0.120. The lowest BCUT2D eigenvalue weighted by Gasteiger charge is -2.07. The number of benzene rings is 1. The zero-order valence-corrected chi connectivity index (χ0v) is 10.6. The summed E-state index contributed by atoms with van der Waals surface area (Å²) in [6.07, 6.45) is -4.82. The summed E-state index contributed by atoms with van der Waals surface area (Å²) in [5.74, 6) is -2.63. The number of allylic oxidation sites excluding steroid dienone is 2. The third-order valence-corrected chi connectivity index (χ3v) is 2.19. The Morgan fingerprint density at radius 2 is 2.10 bits per heavy atom. The van der Waals surface area contributed by atoms with Crippen LogP contribution in [0.4, 0.5) is 13.2 Å². The molecule has 0 amide bonds. The van der Waals surface area contributed by atoms with Crippen LogP contribution in [0.25, 0.3) is 0 Å². The molecule has 0 aromatic heterocycles. The third kappa shape index (κ3) is 4.93. The number of ether oxygens (including phenoxy) is 2. The van der Waals surface area contributed by atoms with Gasteiger partial charge in [0.05, 0.1) is 0 Å². The molecule has 0 aliphatic heterocycles. The first-order chi connectivity index (χ1) is 9.34. The molecule has 0 unspecified atom stereocenters. The van der Waals surface area contributed by atoms with Crippen molar-refractivity contribution in [3.05, 3.63) is 41.7 Å². The third-order valence-electron chi connectivity index (χ3n) is 2.19. The van der Waals surface area contributed by atoms with Gasteiger partial charge in [-0.3, -0.25) is 4.79 Å². The van der Waals surface area contributed by atoms with Crippen LogP contribution in [0.5, 0.6) is 5.75 Å². The Morgan fingerprint density at radius 3 is 2.70 bits per heavy atom. The van der Waals surface area contributed by atoms with Gasteiger partial charge in [-0.25, -0.2) is 0 Å².